The van der Waals surface area contributed by atoms with Crippen LogP contribution in [0.5, 0.6) is 0 Å². The molecule has 4 heteroatoms. The van der Waals surface area contributed by atoms with E-state index in [1.165, 1.54) is 5.56 Å². The quantitative estimate of drug-likeness (QED) is 0.673. The first-order valence-electron chi connectivity index (χ1n) is 9.03. The highest BCUT2D eigenvalue weighted by atomic mass is 16.2. The molecule has 0 unspecified atom stereocenters. The molecule has 3 aromatic carbocycles. The zero-order valence-corrected chi connectivity index (χ0v) is 15.8. The molecule has 1 N–H and O–H groups in total. The molecule has 2 amide bonds. The maximum absolute atomic E-state index is 12.6. The van der Waals surface area contributed by atoms with Gasteiger partial charge in [-0.2, -0.15) is 0 Å². The number of carbonyl (C=O) groups excluding carboxylic acids is 1. The second-order valence-corrected chi connectivity index (χ2v) is 6.64. The second-order valence-electron chi connectivity index (χ2n) is 6.64. The van der Waals surface area contributed by atoms with E-state index in [-0.39, 0.29) is 6.03 Å². The van der Waals surface area contributed by atoms with Crippen molar-refractivity contribution in [2.45, 2.75) is 13.1 Å². The van der Waals surface area contributed by atoms with E-state index in [0.717, 1.165) is 30.0 Å². The lowest BCUT2D eigenvalue weighted by Crippen LogP contribution is -2.32. The van der Waals surface area contributed by atoms with Crippen molar-refractivity contribution in [1.29, 1.82) is 0 Å². The molecule has 0 aliphatic rings. The first kappa shape index (κ1) is 18.7. The Morgan fingerprint density at radius 3 is 2.07 bits per heavy atom. The molecule has 138 valence electrons. The molecule has 0 bridgehead atoms. The number of hydrogen-bond acceptors (Lipinski definition) is 2. The molecule has 0 saturated heterocycles. The highest BCUT2D eigenvalue weighted by molar-refractivity contribution is 6.01. The number of urea groups is 1. The Hall–Kier alpha value is -3.11. The third-order valence-corrected chi connectivity index (χ3v) is 4.42. The molecule has 0 aromatic heterocycles. The summed E-state index contributed by atoms with van der Waals surface area (Å²) in [7, 11) is 3.89. The minimum Gasteiger partial charge on any atom is -0.308 e. The number of nitrogens with one attached hydrogen (secondary N) is 1. The average molecular weight is 359 g/mol. The van der Waals surface area contributed by atoms with Gasteiger partial charge in [-0.05, 0) is 36.4 Å². The number of anilines is 2. The van der Waals surface area contributed by atoms with E-state index in [1.807, 2.05) is 54.6 Å². The lowest BCUT2D eigenvalue weighted by molar-refractivity contribution is 0.258. The van der Waals surface area contributed by atoms with Gasteiger partial charge in [-0.3, -0.25) is 9.80 Å². The van der Waals surface area contributed by atoms with Crippen LogP contribution in [0.4, 0.5) is 16.2 Å². The molecule has 0 aliphatic heterocycles. The van der Waals surface area contributed by atoms with Crippen molar-refractivity contribution in [1.82, 2.24) is 4.90 Å². The van der Waals surface area contributed by atoms with Crippen LogP contribution < -0.4 is 10.2 Å². The van der Waals surface area contributed by atoms with E-state index in [9.17, 15) is 4.79 Å². The van der Waals surface area contributed by atoms with Gasteiger partial charge in [0.15, 0.2) is 0 Å². The van der Waals surface area contributed by atoms with Gasteiger partial charge in [-0.1, -0.05) is 66.7 Å². The van der Waals surface area contributed by atoms with Crippen LogP contribution in [0.15, 0.2) is 84.9 Å². The average Bonchev–Trinajstić information content (AvgIpc) is 2.69. The zero-order valence-electron chi connectivity index (χ0n) is 15.8. The number of para-hydroxylation sites is 2. The lowest BCUT2D eigenvalue weighted by atomic mass is 10.1. The van der Waals surface area contributed by atoms with E-state index >= 15 is 0 Å². The minimum atomic E-state index is -0.153. The predicted octanol–water partition coefficient (Wildman–Crippen LogP) is 4.99. The van der Waals surface area contributed by atoms with E-state index < -0.39 is 0 Å². The molecule has 0 spiro atoms. The second kappa shape index (κ2) is 9.01. The Kier molecular flexibility index (Phi) is 6.23. The number of benzene rings is 3. The highest BCUT2D eigenvalue weighted by Crippen LogP contribution is 2.22. The molecule has 3 rings (SSSR count). The molecule has 0 atom stereocenters. The number of carbonyl (C=O) groups is 1. The van der Waals surface area contributed by atoms with E-state index in [1.54, 1.807) is 11.9 Å². The lowest BCUT2D eigenvalue weighted by Gasteiger charge is -2.24. The van der Waals surface area contributed by atoms with Crippen LogP contribution >= 0.6 is 0 Å². The first-order chi connectivity index (χ1) is 13.1. The Labute approximate surface area is 161 Å². The van der Waals surface area contributed by atoms with Crippen molar-refractivity contribution < 1.29 is 4.79 Å². The van der Waals surface area contributed by atoms with Crippen LogP contribution in [0.3, 0.4) is 0 Å². The Balaban J connectivity index is 1.70. The maximum Gasteiger partial charge on any atom is 0.326 e. The first-order valence-corrected chi connectivity index (χ1v) is 9.03. The molecule has 0 radical (unpaired) electrons. The van der Waals surface area contributed by atoms with Crippen molar-refractivity contribution in [2.75, 3.05) is 24.3 Å². The van der Waals surface area contributed by atoms with Crippen molar-refractivity contribution in [3.8, 4) is 0 Å². The minimum absolute atomic E-state index is 0.153. The molecule has 3 aromatic rings. The van der Waals surface area contributed by atoms with Gasteiger partial charge in [0.05, 0.1) is 0 Å². The Bertz CT molecular complexity index is 865. The molecule has 27 heavy (non-hydrogen) atoms. The van der Waals surface area contributed by atoms with Gasteiger partial charge in [0.1, 0.15) is 0 Å². The molecule has 0 aliphatic carbocycles. The summed E-state index contributed by atoms with van der Waals surface area (Å²) in [5, 5.41) is 2.93. The van der Waals surface area contributed by atoms with Crippen LogP contribution in [0, 0.1) is 0 Å². The summed E-state index contributed by atoms with van der Waals surface area (Å²) in [5.41, 5.74) is 4.08. The van der Waals surface area contributed by atoms with E-state index in [4.69, 9.17) is 0 Å². The van der Waals surface area contributed by atoms with E-state index in [2.05, 4.69) is 47.6 Å². The monoisotopic (exact) mass is 359 g/mol. The predicted molar refractivity (Wildman–Crippen MR) is 112 cm³/mol. The molecule has 0 saturated carbocycles. The van der Waals surface area contributed by atoms with Crippen molar-refractivity contribution >= 4 is 17.4 Å². The van der Waals surface area contributed by atoms with Gasteiger partial charge in [-0.15, -0.1) is 0 Å². The van der Waals surface area contributed by atoms with Gasteiger partial charge < -0.3 is 5.32 Å². The summed E-state index contributed by atoms with van der Waals surface area (Å²) in [5.74, 6) is 0. The topological polar surface area (TPSA) is 35.6 Å². The van der Waals surface area contributed by atoms with Crippen molar-refractivity contribution in [2.24, 2.45) is 0 Å². The Morgan fingerprint density at radius 1 is 0.778 bits per heavy atom. The largest absolute Gasteiger partial charge is 0.326 e. The third kappa shape index (κ3) is 5.19. The summed E-state index contributed by atoms with van der Waals surface area (Å²) in [6, 6.07) is 27.8. The van der Waals surface area contributed by atoms with Gasteiger partial charge >= 0.3 is 6.03 Å². The van der Waals surface area contributed by atoms with Crippen molar-refractivity contribution in [3.63, 3.8) is 0 Å². The van der Waals surface area contributed by atoms with Gasteiger partial charge in [0.2, 0.25) is 0 Å². The smallest absolute Gasteiger partial charge is 0.308 e. The summed E-state index contributed by atoms with van der Waals surface area (Å²) >= 11 is 0. The summed E-state index contributed by atoms with van der Waals surface area (Å²) < 4.78 is 0. The number of hydrogen-bond donors (Lipinski definition) is 1. The number of rotatable bonds is 6. The fourth-order valence-electron chi connectivity index (χ4n) is 3.05. The Morgan fingerprint density at radius 2 is 1.37 bits per heavy atom. The number of nitrogens with zero attached hydrogens (tertiary/aromatic N) is 2. The number of amides is 2. The van der Waals surface area contributed by atoms with Gasteiger partial charge in [-0.25, -0.2) is 4.79 Å². The molecule has 4 nitrogen and oxygen atoms in total. The highest BCUT2D eigenvalue weighted by Gasteiger charge is 2.15. The normalized spacial score (nSPS) is 10.6. The summed E-state index contributed by atoms with van der Waals surface area (Å²) in [4.78, 5) is 16.6. The van der Waals surface area contributed by atoms with Gasteiger partial charge in [0.25, 0.3) is 0 Å². The fourth-order valence-corrected chi connectivity index (χ4v) is 3.05. The summed E-state index contributed by atoms with van der Waals surface area (Å²) in [6.07, 6.45) is 0. The third-order valence-electron chi connectivity index (χ3n) is 4.42. The fraction of sp³-hybridized carbons (Fsp3) is 0.174. The van der Waals surface area contributed by atoms with E-state index in [0.29, 0.717) is 0 Å². The SMILES string of the molecule is CN(Cc1ccccc1)Cc1ccccc1N(C)C(=O)Nc1ccccc1. The van der Waals surface area contributed by atoms with Crippen LogP contribution in [0.1, 0.15) is 11.1 Å². The molecule has 0 heterocycles. The van der Waals surface area contributed by atoms with Crippen LogP contribution in [-0.4, -0.2) is 25.0 Å². The molecular formula is C23H25N3O. The van der Waals surface area contributed by atoms with Crippen LogP contribution in [0.2, 0.25) is 0 Å². The maximum atomic E-state index is 12.6. The standard InChI is InChI=1S/C23H25N3O/c1-25(17-19-11-5-3-6-12-19)18-20-13-9-10-16-22(20)26(2)23(27)24-21-14-7-4-8-15-21/h3-16H,17-18H2,1-2H3,(H,24,27). The van der Waals surface area contributed by atoms with Crippen LogP contribution in [0.25, 0.3) is 0 Å². The van der Waals surface area contributed by atoms with Gasteiger partial charge in [0, 0.05) is 31.5 Å². The molecule has 0 fully saturated rings. The van der Waals surface area contributed by atoms with Crippen molar-refractivity contribution in [3.05, 3.63) is 96.1 Å². The van der Waals surface area contributed by atoms with Crippen LogP contribution in [-0.2, 0) is 13.1 Å². The summed E-state index contributed by atoms with van der Waals surface area (Å²) in [6.45, 7) is 1.61. The molecular weight excluding hydrogens is 334 g/mol. The zero-order chi connectivity index (χ0) is 19.1.